The van der Waals surface area contributed by atoms with Gasteiger partial charge in [-0.2, -0.15) is 0 Å². The lowest BCUT2D eigenvalue weighted by Gasteiger charge is -2.26. The smallest absolute Gasteiger partial charge is 0.231 e. The number of Topliss-reactive ketones (excluding diaryl/α,β-unsaturated/α-hetero) is 1. The van der Waals surface area contributed by atoms with Crippen LogP contribution in [0, 0.1) is 0 Å². The molecule has 2 aromatic carbocycles. The molecule has 5 heteroatoms. The Hall–Kier alpha value is -2.79. The van der Waals surface area contributed by atoms with Crippen molar-refractivity contribution in [3.8, 4) is 17.2 Å². The van der Waals surface area contributed by atoms with Crippen molar-refractivity contribution >= 4 is 11.9 Å². The largest absolute Gasteiger partial charge is 0.493 e. The number of hydrogen-bond donors (Lipinski definition) is 0. The number of carbonyl (C=O) groups excluding carboxylic acids is 1. The van der Waals surface area contributed by atoms with Crippen LogP contribution in [0.3, 0.4) is 0 Å². The van der Waals surface area contributed by atoms with E-state index in [-0.39, 0.29) is 5.78 Å². The zero-order chi connectivity index (χ0) is 19.6. The van der Waals surface area contributed by atoms with Crippen LogP contribution in [0.25, 0.3) is 6.08 Å². The zero-order valence-corrected chi connectivity index (χ0v) is 16.5. The molecule has 1 fully saturated rings. The van der Waals surface area contributed by atoms with E-state index in [4.69, 9.17) is 14.2 Å². The minimum Gasteiger partial charge on any atom is -0.493 e. The highest BCUT2D eigenvalue weighted by Gasteiger charge is 2.28. The van der Waals surface area contributed by atoms with Crippen molar-refractivity contribution in [2.75, 3.05) is 32.8 Å². The predicted octanol–water partition coefficient (Wildman–Crippen LogP) is 4.10. The van der Waals surface area contributed by atoms with E-state index in [1.165, 1.54) is 24.8 Å². The molecule has 5 rings (SSSR count). The first-order valence-corrected chi connectivity index (χ1v) is 10.5. The Kier molecular flexibility index (Phi) is 4.98. The van der Waals surface area contributed by atoms with Crippen LogP contribution in [-0.2, 0) is 6.42 Å². The van der Waals surface area contributed by atoms with Gasteiger partial charge >= 0.3 is 0 Å². The van der Waals surface area contributed by atoms with E-state index >= 15 is 0 Å². The zero-order valence-electron chi connectivity index (χ0n) is 16.5. The van der Waals surface area contributed by atoms with Gasteiger partial charge in [0.25, 0.3) is 0 Å². The molecule has 3 heterocycles. The summed E-state index contributed by atoms with van der Waals surface area (Å²) in [6, 6.07) is 11.4. The molecule has 0 aliphatic carbocycles. The molecule has 150 valence electrons. The summed E-state index contributed by atoms with van der Waals surface area (Å²) in [5, 5.41) is 0. The number of carbonyl (C=O) groups is 1. The molecule has 29 heavy (non-hydrogen) atoms. The summed E-state index contributed by atoms with van der Waals surface area (Å²) in [5.41, 5.74) is 2.71. The Morgan fingerprint density at radius 3 is 2.83 bits per heavy atom. The van der Waals surface area contributed by atoms with E-state index in [2.05, 4.69) is 11.0 Å². The molecule has 0 unspecified atom stereocenters. The second-order valence-electron chi connectivity index (χ2n) is 7.81. The highest BCUT2D eigenvalue weighted by molar-refractivity contribution is 6.14. The fourth-order valence-corrected chi connectivity index (χ4v) is 4.18. The van der Waals surface area contributed by atoms with Crippen LogP contribution >= 0.6 is 0 Å². The summed E-state index contributed by atoms with van der Waals surface area (Å²) in [5.74, 6) is 2.51. The van der Waals surface area contributed by atoms with Gasteiger partial charge in [-0.1, -0.05) is 12.5 Å². The first-order valence-electron chi connectivity index (χ1n) is 10.5. The Labute approximate surface area is 170 Å². The SMILES string of the molecule is O=C1/C(=C/c2ccc3c(c2)CCO3)Oc2cc(OCCN3CCCCC3)ccc21. The van der Waals surface area contributed by atoms with Crippen molar-refractivity contribution < 1.29 is 19.0 Å². The van der Waals surface area contributed by atoms with Gasteiger partial charge in [-0.25, -0.2) is 0 Å². The van der Waals surface area contributed by atoms with E-state index in [1.807, 2.05) is 24.3 Å². The lowest BCUT2D eigenvalue weighted by molar-refractivity contribution is 0.101. The lowest BCUT2D eigenvalue weighted by Crippen LogP contribution is -2.33. The number of nitrogens with zero attached hydrogens (tertiary/aromatic N) is 1. The second-order valence-corrected chi connectivity index (χ2v) is 7.81. The standard InChI is InChI=1S/C24H25NO4/c26-24-20-6-5-19(27-13-11-25-9-2-1-3-10-25)16-22(20)29-23(24)15-17-4-7-21-18(14-17)8-12-28-21/h4-7,14-16H,1-3,8-13H2/b23-15-. The summed E-state index contributed by atoms with van der Waals surface area (Å²) in [7, 11) is 0. The molecule has 0 N–H and O–H groups in total. The molecule has 0 bridgehead atoms. The van der Waals surface area contributed by atoms with Gasteiger partial charge in [-0.3, -0.25) is 9.69 Å². The molecule has 3 aliphatic rings. The fraction of sp³-hybridized carbons (Fsp3) is 0.375. The van der Waals surface area contributed by atoms with Crippen molar-refractivity contribution in [1.29, 1.82) is 0 Å². The maximum atomic E-state index is 12.7. The van der Waals surface area contributed by atoms with E-state index < -0.39 is 0 Å². The minimum absolute atomic E-state index is 0.0865. The van der Waals surface area contributed by atoms with Crippen molar-refractivity contribution in [3.63, 3.8) is 0 Å². The highest BCUT2D eigenvalue weighted by Crippen LogP contribution is 2.35. The predicted molar refractivity (Wildman–Crippen MR) is 111 cm³/mol. The van der Waals surface area contributed by atoms with Gasteiger partial charge in [0.15, 0.2) is 5.76 Å². The van der Waals surface area contributed by atoms with E-state index in [0.29, 0.717) is 23.7 Å². The lowest BCUT2D eigenvalue weighted by atomic mass is 10.1. The third-order valence-electron chi connectivity index (χ3n) is 5.78. The van der Waals surface area contributed by atoms with Crippen molar-refractivity contribution in [2.24, 2.45) is 0 Å². The second kappa shape index (κ2) is 7.91. The molecule has 0 amide bonds. The normalized spacial score (nSPS) is 19.6. The third kappa shape index (κ3) is 3.87. The van der Waals surface area contributed by atoms with Crippen LogP contribution < -0.4 is 14.2 Å². The summed E-state index contributed by atoms with van der Waals surface area (Å²) in [6.45, 7) is 4.62. The molecule has 0 atom stereocenters. The number of rotatable bonds is 5. The highest BCUT2D eigenvalue weighted by atomic mass is 16.5. The van der Waals surface area contributed by atoms with Crippen molar-refractivity contribution in [3.05, 3.63) is 58.8 Å². The number of piperidine rings is 1. The van der Waals surface area contributed by atoms with Crippen LogP contribution in [0.15, 0.2) is 42.2 Å². The van der Waals surface area contributed by atoms with Gasteiger partial charge in [0.1, 0.15) is 23.9 Å². The number of benzene rings is 2. The molecule has 3 aliphatic heterocycles. The monoisotopic (exact) mass is 391 g/mol. The number of hydrogen-bond acceptors (Lipinski definition) is 5. The molecule has 0 aromatic heterocycles. The Morgan fingerprint density at radius 1 is 1.03 bits per heavy atom. The number of ketones is 1. The average molecular weight is 391 g/mol. The molecule has 0 saturated carbocycles. The summed E-state index contributed by atoms with van der Waals surface area (Å²) >= 11 is 0. The first-order chi connectivity index (χ1) is 14.3. The third-order valence-corrected chi connectivity index (χ3v) is 5.78. The molecular formula is C24H25NO4. The Morgan fingerprint density at radius 2 is 1.93 bits per heavy atom. The topological polar surface area (TPSA) is 48.0 Å². The first kappa shape index (κ1) is 18.3. The number of allylic oxidation sites excluding steroid dienone is 1. The summed E-state index contributed by atoms with van der Waals surface area (Å²) < 4.78 is 17.3. The van der Waals surface area contributed by atoms with Gasteiger partial charge in [0.2, 0.25) is 5.78 Å². The number of ether oxygens (including phenoxy) is 3. The quantitative estimate of drug-likeness (QED) is 0.718. The van der Waals surface area contributed by atoms with E-state index in [0.717, 1.165) is 49.7 Å². The molecular weight excluding hydrogens is 366 g/mol. The van der Waals surface area contributed by atoms with Gasteiger partial charge in [0.05, 0.1) is 12.2 Å². The van der Waals surface area contributed by atoms with E-state index in [1.54, 1.807) is 12.1 Å². The van der Waals surface area contributed by atoms with Gasteiger partial charge in [-0.05, 0) is 67.4 Å². The van der Waals surface area contributed by atoms with Gasteiger partial charge < -0.3 is 14.2 Å². The van der Waals surface area contributed by atoms with Gasteiger partial charge in [-0.15, -0.1) is 0 Å². The number of likely N-dealkylation sites (tertiary alicyclic amines) is 1. The fourth-order valence-electron chi connectivity index (χ4n) is 4.18. The summed E-state index contributed by atoms with van der Waals surface area (Å²) in [4.78, 5) is 15.1. The van der Waals surface area contributed by atoms with E-state index in [9.17, 15) is 4.79 Å². The molecule has 2 aromatic rings. The maximum Gasteiger partial charge on any atom is 0.231 e. The Bertz CT molecular complexity index is 959. The van der Waals surface area contributed by atoms with Crippen LogP contribution in [0.4, 0.5) is 0 Å². The van der Waals surface area contributed by atoms with Crippen LogP contribution in [0.2, 0.25) is 0 Å². The van der Waals surface area contributed by atoms with Crippen LogP contribution in [0.1, 0.15) is 40.7 Å². The molecule has 0 radical (unpaired) electrons. The van der Waals surface area contributed by atoms with Crippen molar-refractivity contribution in [2.45, 2.75) is 25.7 Å². The van der Waals surface area contributed by atoms with Crippen molar-refractivity contribution in [1.82, 2.24) is 4.90 Å². The Balaban J connectivity index is 1.25. The molecule has 1 saturated heterocycles. The maximum absolute atomic E-state index is 12.7. The van der Waals surface area contributed by atoms with Gasteiger partial charge in [0, 0.05) is 19.0 Å². The number of fused-ring (bicyclic) bond motifs is 2. The summed E-state index contributed by atoms with van der Waals surface area (Å²) in [6.07, 6.45) is 6.60. The molecule has 5 nitrogen and oxygen atoms in total. The van der Waals surface area contributed by atoms with Crippen LogP contribution in [0.5, 0.6) is 17.2 Å². The molecule has 0 spiro atoms. The minimum atomic E-state index is -0.0865. The van der Waals surface area contributed by atoms with Crippen LogP contribution in [-0.4, -0.2) is 43.5 Å². The average Bonchev–Trinajstić information content (AvgIpc) is 3.33.